The van der Waals surface area contributed by atoms with Crippen molar-refractivity contribution in [3.63, 3.8) is 0 Å². The predicted octanol–water partition coefficient (Wildman–Crippen LogP) is 0.195. The monoisotopic (exact) mass is 196 g/mol. The van der Waals surface area contributed by atoms with Crippen molar-refractivity contribution in [3.05, 3.63) is 0 Å². The molecule has 0 aromatic carbocycles. The quantitative estimate of drug-likeness (QED) is 0.628. The highest BCUT2D eigenvalue weighted by Crippen LogP contribution is 2.48. The molecular formula is C11H20N2O. The van der Waals surface area contributed by atoms with Gasteiger partial charge in [-0.15, -0.1) is 0 Å². The topological polar surface area (TPSA) is 35.5 Å². The van der Waals surface area contributed by atoms with Crippen molar-refractivity contribution >= 4 is 0 Å². The van der Waals surface area contributed by atoms with E-state index >= 15 is 0 Å². The highest BCUT2D eigenvalue weighted by atomic mass is 16.3. The van der Waals surface area contributed by atoms with Crippen molar-refractivity contribution in [1.82, 2.24) is 10.2 Å². The summed E-state index contributed by atoms with van der Waals surface area (Å²) in [5.41, 5.74) is 0.669. The Labute approximate surface area is 85.5 Å². The number of nitrogens with one attached hydrogen (secondary N) is 1. The van der Waals surface area contributed by atoms with E-state index in [2.05, 4.69) is 10.2 Å². The minimum atomic E-state index is -0.134. The summed E-state index contributed by atoms with van der Waals surface area (Å²) in [6.07, 6.45) is 5.53. The number of nitrogens with zero attached hydrogens (tertiary/aromatic N) is 1. The van der Waals surface area contributed by atoms with E-state index in [1.807, 2.05) is 0 Å². The van der Waals surface area contributed by atoms with Gasteiger partial charge >= 0.3 is 0 Å². The summed E-state index contributed by atoms with van der Waals surface area (Å²) in [4.78, 5) is 2.52. The van der Waals surface area contributed by atoms with Crippen LogP contribution in [0, 0.1) is 5.41 Å². The van der Waals surface area contributed by atoms with Gasteiger partial charge in [-0.1, -0.05) is 6.42 Å². The summed E-state index contributed by atoms with van der Waals surface area (Å²) in [6, 6.07) is 0.398. The minimum absolute atomic E-state index is 0.134. The number of hydrogen-bond donors (Lipinski definition) is 2. The second-order valence-corrected chi connectivity index (χ2v) is 5.37. The molecule has 0 aromatic rings. The SMILES string of the molecule is O[C@@H]1CNC[C@H]1N1CCC2(CCC2)C1. The third-order valence-electron chi connectivity index (χ3n) is 4.50. The van der Waals surface area contributed by atoms with Gasteiger partial charge in [-0.3, -0.25) is 4.90 Å². The molecule has 0 bridgehead atoms. The zero-order chi connectivity index (χ0) is 9.60. The highest BCUT2D eigenvalue weighted by molar-refractivity contribution is 5.00. The Balaban J connectivity index is 1.64. The molecular weight excluding hydrogens is 176 g/mol. The Morgan fingerprint density at radius 1 is 1.21 bits per heavy atom. The van der Waals surface area contributed by atoms with Crippen molar-refractivity contribution in [2.45, 2.75) is 37.8 Å². The van der Waals surface area contributed by atoms with Crippen molar-refractivity contribution in [2.24, 2.45) is 5.41 Å². The summed E-state index contributed by atoms with van der Waals surface area (Å²) >= 11 is 0. The third-order valence-corrected chi connectivity index (χ3v) is 4.50. The Morgan fingerprint density at radius 3 is 2.57 bits per heavy atom. The van der Waals surface area contributed by atoms with E-state index in [1.54, 1.807) is 0 Å². The maximum absolute atomic E-state index is 9.81. The highest BCUT2D eigenvalue weighted by Gasteiger charge is 2.45. The molecule has 2 heterocycles. The van der Waals surface area contributed by atoms with Crippen molar-refractivity contribution in [2.75, 3.05) is 26.2 Å². The fourth-order valence-corrected chi connectivity index (χ4v) is 3.36. The molecule has 1 aliphatic carbocycles. The number of aliphatic hydroxyl groups excluding tert-OH is 1. The van der Waals surface area contributed by atoms with Crippen LogP contribution in [0.1, 0.15) is 25.7 Å². The van der Waals surface area contributed by atoms with Gasteiger partial charge in [0, 0.05) is 25.7 Å². The van der Waals surface area contributed by atoms with Gasteiger partial charge in [0.25, 0.3) is 0 Å². The first-order valence-corrected chi connectivity index (χ1v) is 5.92. The molecule has 80 valence electrons. The van der Waals surface area contributed by atoms with Crippen LogP contribution in [0.4, 0.5) is 0 Å². The number of rotatable bonds is 1. The van der Waals surface area contributed by atoms with Gasteiger partial charge in [-0.2, -0.15) is 0 Å². The summed E-state index contributed by atoms with van der Waals surface area (Å²) in [5.74, 6) is 0. The van der Waals surface area contributed by atoms with Gasteiger partial charge in [0.05, 0.1) is 6.10 Å². The lowest BCUT2D eigenvalue weighted by Gasteiger charge is -2.39. The Kier molecular flexibility index (Phi) is 2.08. The van der Waals surface area contributed by atoms with Crippen LogP contribution in [0.15, 0.2) is 0 Å². The van der Waals surface area contributed by atoms with Crippen LogP contribution < -0.4 is 5.32 Å². The molecule has 2 saturated heterocycles. The first-order chi connectivity index (χ1) is 6.79. The third kappa shape index (κ3) is 1.30. The Bertz CT molecular complexity index is 227. The lowest BCUT2D eigenvalue weighted by Crippen LogP contribution is -2.44. The second-order valence-electron chi connectivity index (χ2n) is 5.37. The molecule has 2 N–H and O–H groups in total. The van der Waals surface area contributed by atoms with Gasteiger partial charge in [0.15, 0.2) is 0 Å². The van der Waals surface area contributed by atoms with Crippen molar-refractivity contribution in [3.8, 4) is 0 Å². The standard InChI is InChI=1S/C11H20N2O/c14-10-7-12-6-9(10)13-5-4-11(8-13)2-1-3-11/h9-10,12,14H,1-8H2/t9-,10-/m1/s1. The lowest BCUT2D eigenvalue weighted by molar-refractivity contribution is 0.0740. The maximum Gasteiger partial charge on any atom is 0.0831 e. The fraction of sp³-hybridized carbons (Fsp3) is 1.00. The molecule has 0 aromatic heterocycles. The molecule has 0 amide bonds. The van der Waals surface area contributed by atoms with E-state index in [-0.39, 0.29) is 6.10 Å². The predicted molar refractivity (Wildman–Crippen MR) is 55.1 cm³/mol. The smallest absolute Gasteiger partial charge is 0.0831 e. The van der Waals surface area contributed by atoms with Gasteiger partial charge in [-0.25, -0.2) is 0 Å². The van der Waals surface area contributed by atoms with Gasteiger partial charge < -0.3 is 10.4 Å². The van der Waals surface area contributed by atoms with Crippen LogP contribution in [0.5, 0.6) is 0 Å². The molecule has 3 heteroatoms. The molecule has 0 radical (unpaired) electrons. The number of β-amino-alcohol motifs (C(OH)–C–C–N with tert-alkyl or cyclic N) is 1. The molecule has 3 aliphatic rings. The molecule has 3 rings (SSSR count). The fourth-order valence-electron chi connectivity index (χ4n) is 3.36. The largest absolute Gasteiger partial charge is 0.390 e. The van der Waals surface area contributed by atoms with E-state index < -0.39 is 0 Å². The van der Waals surface area contributed by atoms with Gasteiger partial charge in [-0.05, 0) is 31.2 Å². The summed E-state index contributed by atoms with van der Waals surface area (Å²) < 4.78 is 0. The number of hydrogen-bond acceptors (Lipinski definition) is 3. The van der Waals surface area contributed by atoms with Crippen LogP contribution >= 0.6 is 0 Å². The lowest BCUT2D eigenvalue weighted by atomic mass is 9.68. The molecule has 0 unspecified atom stereocenters. The van der Waals surface area contributed by atoms with Crippen LogP contribution in [0.25, 0.3) is 0 Å². The molecule has 2 atom stereocenters. The second kappa shape index (κ2) is 3.19. The van der Waals surface area contributed by atoms with E-state index in [0.29, 0.717) is 11.5 Å². The molecule has 2 aliphatic heterocycles. The molecule has 1 saturated carbocycles. The average molecular weight is 196 g/mol. The van der Waals surface area contributed by atoms with Crippen molar-refractivity contribution in [1.29, 1.82) is 0 Å². The zero-order valence-electron chi connectivity index (χ0n) is 8.71. The van der Waals surface area contributed by atoms with E-state index in [9.17, 15) is 5.11 Å². The summed E-state index contributed by atoms with van der Waals surface area (Å²) in [6.45, 7) is 4.23. The molecule has 14 heavy (non-hydrogen) atoms. The van der Waals surface area contributed by atoms with E-state index in [1.165, 1.54) is 38.8 Å². The maximum atomic E-state index is 9.81. The Morgan fingerprint density at radius 2 is 2.07 bits per heavy atom. The van der Waals surface area contributed by atoms with Gasteiger partial charge in [0.2, 0.25) is 0 Å². The molecule has 3 fully saturated rings. The van der Waals surface area contributed by atoms with Crippen molar-refractivity contribution < 1.29 is 5.11 Å². The first kappa shape index (κ1) is 9.13. The Hall–Kier alpha value is -0.120. The van der Waals surface area contributed by atoms with Crippen LogP contribution in [-0.2, 0) is 0 Å². The van der Waals surface area contributed by atoms with Gasteiger partial charge in [0.1, 0.15) is 0 Å². The minimum Gasteiger partial charge on any atom is -0.390 e. The average Bonchev–Trinajstić information content (AvgIpc) is 2.68. The van der Waals surface area contributed by atoms with Crippen LogP contribution in [0.3, 0.4) is 0 Å². The number of likely N-dealkylation sites (tertiary alicyclic amines) is 1. The van der Waals surface area contributed by atoms with Crippen LogP contribution in [0.2, 0.25) is 0 Å². The zero-order valence-corrected chi connectivity index (χ0v) is 8.71. The molecule has 3 nitrogen and oxygen atoms in total. The summed E-state index contributed by atoms with van der Waals surface area (Å²) in [7, 11) is 0. The summed E-state index contributed by atoms with van der Waals surface area (Å²) in [5, 5.41) is 13.1. The normalized spacial score (nSPS) is 41.8. The molecule has 1 spiro atoms. The first-order valence-electron chi connectivity index (χ1n) is 5.92. The van der Waals surface area contributed by atoms with E-state index in [0.717, 1.165) is 13.1 Å². The van der Waals surface area contributed by atoms with E-state index in [4.69, 9.17) is 0 Å². The number of aliphatic hydroxyl groups is 1. The van der Waals surface area contributed by atoms with Crippen LogP contribution in [-0.4, -0.2) is 48.3 Å².